The van der Waals surface area contributed by atoms with Crippen LogP contribution in [-0.2, 0) is 14.3 Å². The van der Waals surface area contributed by atoms with Crippen molar-refractivity contribution in [2.24, 2.45) is 0 Å². The summed E-state index contributed by atoms with van der Waals surface area (Å²) >= 11 is 1.59. The lowest BCUT2D eigenvalue weighted by Gasteiger charge is -2.43. The zero-order valence-corrected chi connectivity index (χ0v) is 25.1. The van der Waals surface area contributed by atoms with Crippen LogP contribution in [0.3, 0.4) is 0 Å². The van der Waals surface area contributed by atoms with Gasteiger partial charge in [0.2, 0.25) is 11.8 Å². The smallest absolute Gasteiger partial charge is 0.408 e. The first-order valence-corrected chi connectivity index (χ1v) is 13.9. The maximum Gasteiger partial charge on any atom is 0.408 e. The first-order valence-electron chi connectivity index (χ1n) is 12.5. The van der Waals surface area contributed by atoms with Gasteiger partial charge in [-0.1, -0.05) is 18.2 Å². The number of amides is 3. The van der Waals surface area contributed by atoms with Crippen molar-refractivity contribution in [3.8, 4) is 0 Å². The lowest BCUT2D eigenvalue weighted by atomic mass is 9.92. The summed E-state index contributed by atoms with van der Waals surface area (Å²) in [5.74, 6) is 0.0665. The average molecular weight is 522 g/mol. The molecule has 0 aromatic heterocycles. The van der Waals surface area contributed by atoms with E-state index < -0.39 is 34.9 Å². The molecule has 204 valence electrons. The van der Waals surface area contributed by atoms with Gasteiger partial charge in [-0.25, -0.2) is 4.79 Å². The molecule has 7 nitrogen and oxygen atoms in total. The molecule has 0 aliphatic carbocycles. The van der Waals surface area contributed by atoms with E-state index in [1.807, 2.05) is 79.8 Å². The molecule has 0 fully saturated rings. The fourth-order valence-electron chi connectivity index (χ4n) is 3.75. The molecule has 2 unspecified atom stereocenters. The third-order valence-corrected chi connectivity index (χ3v) is 6.06. The highest BCUT2D eigenvalue weighted by Crippen LogP contribution is 2.32. The molecule has 1 aromatic carbocycles. The van der Waals surface area contributed by atoms with Gasteiger partial charge in [-0.15, -0.1) is 0 Å². The predicted octanol–water partition coefficient (Wildman–Crippen LogP) is 5.53. The first kappa shape index (κ1) is 31.8. The number of ether oxygens (including phenoxy) is 1. The second-order valence-corrected chi connectivity index (χ2v) is 13.3. The van der Waals surface area contributed by atoms with E-state index in [-0.39, 0.29) is 11.8 Å². The van der Waals surface area contributed by atoms with Crippen LogP contribution >= 0.6 is 11.8 Å². The Labute approximate surface area is 222 Å². The third kappa shape index (κ3) is 10.0. The molecular formula is C28H47N3O4S. The molecule has 0 aliphatic rings. The summed E-state index contributed by atoms with van der Waals surface area (Å²) in [4.78, 5) is 42.2. The van der Waals surface area contributed by atoms with Gasteiger partial charge in [-0.05, 0) is 111 Å². The summed E-state index contributed by atoms with van der Waals surface area (Å²) in [6.07, 6.45) is 1.70. The van der Waals surface area contributed by atoms with Crippen LogP contribution in [0.25, 0.3) is 0 Å². The molecule has 2 N–H and O–H groups in total. The Morgan fingerprint density at radius 1 is 0.972 bits per heavy atom. The summed E-state index contributed by atoms with van der Waals surface area (Å²) in [7, 11) is 0. The maximum atomic E-state index is 14.2. The summed E-state index contributed by atoms with van der Waals surface area (Å²) in [5, 5.41) is 5.84. The Bertz CT molecular complexity index is 926. The monoisotopic (exact) mass is 521 g/mol. The van der Waals surface area contributed by atoms with Gasteiger partial charge < -0.3 is 20.3 Å². The molecule has 0 bridgehead atoms. The molecule has 0 heterocycles. The molecule has 0 saturated heterocycles. The number of hydrogen-bond donors (Lipinski definition) is 2. The molecule has 0 radical (unpaired) electrons. The fourth-order valence-corrected chi connectivity index (χ4v) is 4.22. The van der Waals surface area contributed by atoms with Crippen molar-refractivity contribution in [2.75, 3.05) is 12.0 Å². The number of benzene rings is 1. The average Bonchev–Trinajstić information content (AvgIpc) is 2.67. The Balaban J connectivity index is 3.62. The highest BCUT2D eigenvalue weighted by Gasteiger charge is 2.42. The zero-order valence-electron chi connectivity index (χ0n) is 24.3. The number of carbonyl (C=O) groups is 3. The lowest BCUT2D eigenvalue weighted by Crippen LogP contribution is -2.59. The minimum atomic E-state index is -0.881. The minimum Gasteiger partial charge on any atom is -0.444 e. The number of rotatable bonds is 8. The summed E-state index contributed by atoms with van der Waals surface area (Å²) in [6.45, 7) is 20.8. The van der Waals surface area contributed by atoms with Crippen LogP contribution in [0.5, 0.6) is 0 Å². The minimum absolute atomic E-state index is 0.269. The number of thioether (sulfide) groups is 1. The molecule has 0 saturated carbocycles. The van der Waals surface area contributed by atoms with Gasteiger partial charge in [0, 0.05) is 11.1 Å². The lowest BCUT2D eigenvalue weighted by molar-refractivity contribution is -0.149. The van der Waals surface area contributed by atoms with E-state index in [2.05, 4.69) is 10.6 Å². The third-order valence-electron chi connectivity index (χ3n) is 5.41. The molecule has 36 heavy (non-hydrogen) atoms. The number of nitrogens with zero attached hydrogens (tertiary/aromatic N) is 1. The van der Waals surface area contributed by atoms with Gasteiger partial charge >= 0.3 is 6.09 Å². The van der Waals surface area contributed by atoms with E-state index in [0.717, 1.165) is 16.7 Å². The summed E-state index contributed by atoms with van der Waals surface area (Å²) in [6, 6.07) is 4.11. The normalized spacial score (nSPS) is 14.0. The second kappa shape index (κ2) is 12.3. The molecule has 2 atom stereocenters. The molecule has 0 aliphatic heterocycles. The Morgan fingerprint density at radius 2 is 1.56 bits per heavy atom. The van der Waals surface area contributed by atoms with Crippen molar-refractivity contribution in [3.63, 3.8) is 0 Å². The molecule has 0 spiro atoms. The number of carbonyl (C=O) groups excluding carboxylic acids is 3. The van der Waals surface area contributed by atoms with E-state index in [1.54, 1.807) is 37.4 Å². The van der Waals surface area contributed by atoms with Crippen molar-refractivity contribution >= 4 is 29.7 Å². The quantitative estimate of drug-likeness (QED) is 0.469. The van der Waals surface area contributed by atoms with Gasteiger partial charge in [0.1, 0.15) is 17.7 Å². The van der Waals surface area contributed by atoms with E-state index >= 15 is 0 Å². The molecule has 3 amide bonds. The van der Waals surface area contributed by atoms with Gasteiger partial charge in [0.15, 0.2) is 0 Å². The van der Waals surface area contributed by atoms with Gasteiger partial charge in [-0.3, -0.25) is 9.59 Å². The predicted molar refractivity (Wildman–Crippen MR) is 149 cm³/mol. The number of hydrogen-bond acceptors (Lipinski definition) is 5. The molecule has 1 aromatic rings. The van der Waals surface area contributed by atoms with Crippen molar-refractivity contribution in [1.29, 1.82) is 0 Å². The van der Waals surface area contributed by atoms with E-state index in [4.69, 9.17) is 4.74 Å². The van der Waals surface area contributed by atoms with Crippen molar-refractivity contribution in [2.45, 2.75) is 111 Å². The van der Waals surface area contributed by atoms with Crippen LogP contribution in [0.2, 0.25) is 0 Å². The Morgan fingerprint density at radius 3 is 2.00 bits per heavy atom. The fraction of sp³-hybridized carbons (Fsp3) is 0.679. The highest BCUT2D eigenvalue weighted by molar-refractivity contribution is 7.98. The number of nitrogens with one attached hydrogen (secondary N) is 2. The SMILES string of the molecule is CSCCC(NC(=O)OC(C)(C)C)C(=O)N(C(C(=O)NC(C)(C)C)c1ccc(C)c(C)c1)C(C)(C)C. The van der Waals surface area contributed by atoms with Crippen molar-refractivity contribution < 1.29 is 19.1 Å². The Kier molecular flexibility index (Phi) is 10.9. The maximum absolute atomic E-state index is 14.2. The van der Waals surface area contributed by atoms with E-state index in [9.17, 15) is 14.4 Å². The second-order valence-electron chi connectivity index (χ2n) is 12.3. The number of alkyl carbamates (subject to hydrolysis) is 1. The van der Waals surface area contributed by atoms with Gasteiger partial charge in [-0.2, -0.15) is 11.8 Å². The van der Waals surface area contributed by atoms with Crippen LogP contribution in [0.1, 0.15) is 91.5 Å². The van der Waals surface area contributed by atoms with Crippen LogP contribution < -0.4 is 10.6 Å². The first-order chi connectivity index (χ1) is 16.3. The summed E-state index contributed by atoms with van der Waals surface area (Å²) < 4.78 is 5.44. The van der Waals surface area contributed by atoms with E-state index in [1.165, 1.54) is 0 Å². The van der Waals surface area contributed by atoms with Crippen LogP contribution in [-0.4, -0.2) is 57.5 Å². The zero-order chi connectivity index (χ0) is 28.1. The molecule has 1 rings (SSSR count). The highest BCUT2D eigenvalue weighted by atomic mass is 32.2. The standard InChI is InChI=1S/C28H47N3O4S/c1-18-13-14-20(17-19(18)2)22(23(32)30-26(3,4)5)31(27(6,7)8)24(33)21(15-16-36-12)29-25(34)35-28(9,10)11/h13-14,17,21-22H,15-16H2,1-12H3,(H,29,34)(H,30,32). The van der Waals surface area contributed by atoms with Crippen LogP contribution in [0, 0.1) is 13.8 Å². The van der Waals surface area contributed by atoms with Crippen LogP contribution in [0.4, 0.5) is 4.79 Å². The van der Waals surface area contributed by atoms with Crippen LogP contribution in [0.15, 0.2) is 18.2 Å². The molecular weight excluding hydrogens is 474 g/mol. The van der Waals surface area contributed by atoms with Crippen molar-refractivity contribution in [1.82, 2.24) is 15.5 Å². The summed E-state index contributed by atoms with van der Waals surface area (Å²) in [5.41, 5.74) is 0.955. The molecule has 8 heteroatoms. The Hall–Kier alpha value is -2.22. The van der Waals surface area contributed by atoms with E-state index in [0.29, 0.717) is 12.2 Å². The van der Waals surface area contributed by atoms with Gasteiger partial charge in [0.05, 0.1) is 0 Å². The van der Waals surface area contributed by atoms with Crippen molar-refractivity contribution in [3.05, 3.63) is 34.9 Å². The van der Waals surface area contributed by atoms with Gasteiger partial charge in [0.25, 0.3) is 0 Å². The topological polar surface area (TPSA) is 87.7 Å². The number of aryl methyl sites for hydroxylation is 2. The largest absolute Gasteiger partial charge is 0.444 e.